The van der Waals surface area contributed by atoms with Crippen LogP contribution < -0.4 is 0 Å². The summed E-state index contributed by atoms with van der Waals surface area (Å²) in [4.78, 5) is 72.4. The van der Waals surface area contributed by atoms with Crippen molar-refractivity contribution in [1.82, 2.24) is 0 Å². The Morgan fingerprint density at radius 1 is 0.310 bits per heavy atom. The molecule has 2 unspecified atom stereocenters. The highest BCUT2D eigenvalue weighted by atomic mass is 31.2. The maximum absolute atomic E-state index is 13.0. The van der Waals surface area contributed by atoms with Gasteiger partial charge in [0.1, 0.15) is 19.3 Å². The fourth-order valence-electron chi connectivity index (χ4n) is 10.2. The normalized spacial score (nSPS) is 14.3. The molecule has 3 N–H and O–H groups in total. The molecule has 0 aliphatic carbocycles. The molecule has 0 amide bonds. The van der Waals surface area contributed by atoms with E-state index >= 15 is 0 Å². The lowest BCUT2D eigenvalue weighted by molar-refractivity contribution is -0.161. The lowest BCUT2D eigenvalue weighted by Crippen LogP contribution is -2.30. The molecule has 0 saturated carbocycles. The summed E-state index contributed by atoms with van der Waals surface area (Å²) in [6.45, 7) is 11.8. The summed E-state index contributed by atoms with van der Waals surface area (Å²) in [5.74, 6) is 0.0886. The fourth-order valence-corrected chi connectivity index (χ4v) is 11.8. The van der Waals surface area contributed by atoms with Crippen LogP contribution in [0.2, 0.25) is 0 Å². The predicted octanol–water partition coefficient (Wildman–Crippen LogP) is 19.1. The first-order valence-corrected chi connectivity index (χ1v) is 38.3. The molecule has 19 heteroatoms. The van der Waals surface area contributed by atoms with E-state index in [1.165, 1.54) is 148 Å². The van der Waals surface area contributed by atoms with Gasteiger partial charge in [-0.15, -0.1) is 0 Å². The van der Waals surface area contributed by atoms with Crippen molar-refractivity contribution >= 4 is 39.5 Å². The van der Waals surface area contributed by atoms with Gasteiger partial charge in [0.25, 0.3) is 0 Å². The third-order valence-corrected chi connectivity index (χ3v) is 17.5. The first-order chi connectivity index (χ1) is 41.7. The Hall–Kier alpha value is -1.94. The molecule has 87 heavy (non-hydrogen) atoms. The quantitative estimate of drug-likeness (QED) is 0.0222. The number of phosphoric acid groups is 2. The minimum atomic E-state index is -4.95. The number of carbonyl (C=O) groups is 4. The molecule has 17 nitrogen and oxygen atoms in total. The molecule has 0 heterocycles. The van der Waals surface area contributed by atoms with E-state index in [-0.39, 0.29) is 25.7 Å². The van der Waals surface area contributed by atoms with Crippen molar-refractivity contribution < 1.29 is 80.2 Å². The second-order valence-corrected chi connectivity index (χ2v) is 28.9. The number of hydrogen-bond acceptors (Lipinski definition) is 15. The topological polar surface area (TPSA) is 237 Å². The van der Waals surface area contributed by atoms with Crippen molar-refractivity contribution in [3.63, 3.8) is 0 Å². The molecule has 5 atom stereocenters. The van der Waals surface area contributed by atoms with Crippen LogP contribution >= 0.6 is 15.6 Å². The maximum Gasteiger partial charge on any atom is 0.472 e. The van der Waals surface area contributed by atoms with Crippen LogP contribution in [0.5, 0.6) is 0 Å². The van der Waals surface area contributed by atoms with Crippen LogP contribution in [0.15, 0.2) is 0 Å². The zero-order valence-corrected chi connectivity index (χ0v) is 58.3. The summed E-state index contributed by atoms with van der Waals surface area (Å²) < 4.78 is 68.2. The Morgan fingerprint density at radius 2 is 0.529 bits per heavy atom. The molecule has 0 aromatic rings. The molecule has 0 aliphatic rings. The van der Waals surface area contributed by atoms with E-state index in [1.807, 2.05) is 0 Å². The number of unbranched alkanes of at least 4 members (excludes halogenated alkanes) is 34. The summed E-state index contributed by atoms with van der Waals surface area (Å²) >= 11 is 0. The van der Waals surface area contributed by atoms with Gasteiger partial charge in [-0.2, -0.15) is 0 Å². The Labute approximate surface area is 530 Å². The van der Waals surface area contributed by atoms with Crippen molar-refractivity contribution in [2.45, 2.75) is 356 Å². The van der Waals surface area contributed by atoms with E-state index in [0.29, 0.717) is 31.6 Å². The predicted molar refractivity (Wildman–Crippen MR) is 349 cm³/mol. The average Bonchev–Trinajstić information content (AvgIpc) is 3.68. The number of esters is 4. The molecule has 0 rings (SSSR count). The van der Waals surface area contributed by atoms with E-state index < -0.39 is 97.5 Å². The van der Waals surface area contributed by atoms with Crippen molar-refractivity contribution in [2.24, 2.45) is 17.8 Å². The maximum atomic E-state index is 13.0. The molecule has 516 valence electrons. The van der Waals surface area contributed by atoms with Gasteiger partial charge in [-0.1, -0.05) is 286 Å². The number of aliphatic hydroxyl groups is 1. The zero-order valence-electron chi connectivity index (χ0n) is 56.5. The molecule has 0 aliphatic heterocycles. The number of phosphoric ester groups is 2. The van der Waals surface area contributed by atoms with Crippen molar-refractivity contribution in [3.05, 3.63) is 0 Å². The molecule has 0 fully saturated rings. The van der Waals surface area contributed by atoms with Gasteiger partial charge < -0.3 is 33.8 Å². The minimum Gasteiger partial charge on any atom is -0.462 e. The number of aliphatic hydroxyl groups excluding tert-OH is 1. The number of hydrogen-bond donors (Lipinski definition) is 3. The zero-order chi connectivity index (χ0) is 64.5. The number of carbonyl (C=O) groups excluding carboxylic acids is 4. The van der Waals surface area contributed by atoms with Crippen LogP contribution in [-0.4, -0.2) is 96.7 Å². The second-order valence-electron chi connectivity index (χ2n) is 26.0. The van der Waals surface area contributed by atoms with E-state index in [9.17, 15) is 43.2 Å². The lowest BCUT2D eigenvalue weighted by Gasteiger charge is -2.21. The highest BCUT2D eigenvalue weighted by Gasteiger charge is 2.30. The van der Waals surface area contributed by atoms with E-state index in [2.05, 4.69) is 48.5 Å². The molecule has 0 saturated heterocycles. The van der Waals surface area contributed by atoms with Crippen LogP contribution in [0, 0.1) is 17.8 Å². The Kier molecular flexibility index (Phi) is 57.8. The Bertz CT molecular complexity index is 1720. The third-order valence-electron chi connectivity index (χ3n) is 15.6. The van der Waals surface area contributed by atoms with Gasteiger partial charge in [-0.05, 0) is 43.4 Å². The van der Waals surface area contributed by atoms with Gasteiger partial charge in [-0.3, -0.25) is 37.3 Å². The van der Waals surface area contributed by atoms with Gasteiger partial charge in [0, 0.05) is 25.7 Å². The first-order valence-electron chi connectivity index (χ1n) is 35.3. The summed E-state index contributed by atoms with van der Waals surface area (Å²) in [5.41, 5.74) is 0. The number of rotatable bonds is 66. The summed E-state index contributed by atoms with van der Waals surface area (Å²) in [5, 5.41) is 10.6. The smallest absolute Gasteiger partial charge is 0.462 e. The van der Waals surface area contributed by atoms with Gasteiger partial charge >= 0.3 is 39.5 Å². The van der Waals surface area contributed by atoms with Gasteiger partial charge in [0.05, 0.1) is 26.4 Å². The second kappa shape index (κ2) is 59.1. The lowest BCUT2D eigenvalue weighted by atomic mass is 10.0. The SMILES string of the molecule is CCCCCCCCCCCCC(=O)OC[C@H](COP(=O)(O)OC[C@H](O)COP(=O)(O)OC[C@@H](COC(=O)CCCCCCCCCCCCC(C)C)OC(=O)CCCCCCCCCCCCCC(C)C)OC(=O)CCCCCCCCCC(C)C. The molecular weight excluding hydrogens is 1150 g/mol. The van der Waals surface area contributed by atoms with Crippen molar-refractivity contribution in [2.75, 3.05) is 39.6 Å². The van der Waals surface area contributed by atoms with Crippen molar-refractivity contribution in [1.29, 1.82) is 0 Å². The van der Waals surface area contributed by atoms with E-state index in [4.69, 9.17) is 37.0 Å². The highest BCUT2D eigenvalue weighted by molar-refractivity contribution is 7.47. The van der Waals surface area contributed by atoms with Crippen LogP contribution in [0.1, 0.15) is 337 Å². The molecule has 0 aromatic carbocycles. The van der Waals surface area contributed by atoms with Crippen LogP contribution in [-0.2, 0) is 65.4 Å². The Morgan fingerprint density at radius 3 is 0.782 bits per heavy atom. The number of ether oxygens (including phenoxy) is 4. The van der Waals surface area contributed by atoms with E-state index in [0.717, 1.165) is 102 Å². The van der Waals surface area contributed by atoms with E-state index in [1.54, 1.807) is 0 Å². The Balaban J connectivity index is 5.25. The summed E-state index contributed by atoms with van der Waals surface area (Å²) in [6.07, 6.45) is 41.7. The third kappa shape index (κ3) is 62.6. The first kappa shape index (κ1) is 85.1. The average molecular weight is 1280 g/mol. The molecule has 0 bridgehead atoms. The van der Waals surface area contributed by atoms with Crippen LogP contribution in [0.4, 0.5) is 0 Å². The highest BCUT2D eigenvalue weighted by Crippen LogP contribution is 2.45. The minimum absolute atomic E-state index is 0.103. The van der Waals surface area contributed by atoms with Gasteiger partial charge in [0.2, 0.25) is 0 Å². The molecular formula is C68H132O17P2. The van der Waals surface area contributed by atoms with Crippen LogP contribution in [0.25, 0.3) is 0 Å². The molecule has 0 radical (unpaired) electrons. The largest absolute Gasteiger partial charge is 0.472 e. The van der Waals surface area contributed by atoms with Crippen molar-refractivity contribution in [3.8, 4) is 0 Å². The molecule has 0 aromatic heterocycles. The van der Waals surface area contributed by atoms with Gasteiger partial charge in [0.15, 0.2) is 12.2 Å². The fraction of sp³-hybridized carbons (Fsp3) is 0.941. The van der Waals surface area contributed by atoms with Gasteiger partial charge in [-0.25, -0.2) is 9.13 Å². The van der Waals surface area contributed by atoms with Crippen LogP contribution in [0.3, 0.4) is 0 Å². The molecule has 0 spiro atoms. The summed E-state index contributed by atoms with van der Waals surface area (Å²) in [7, 11) is -9.90. The standard InChI is InChI=1S/C68H132O17P2/c1-8-9-10-11-12-13-21-28-35-42-49-65(70)78-56-64(85-68(73)52-45-38-31-24-27-34-41-48-61(6)7)58-83-87(76,77)81-54-62(69)53-80-86(74,75)82-57-63(55-79-66(71)50-43-36-29-22-18-17-20-26-33-40-47-60(4)5)84-67(72)51-44-37-30-23-16-14-15-19-25-32-39-46-59(2)3/h59-64,69H,8-58H2,1-7H3,(H,74,75)(H,76,77)/t62-,63-,64-/m1/s1. The monoisotopic (exact) mass is 1280 g/mol. The summed E-state index contributed by atoms with van der Waals surface area (Å²) in [6, 6.07) is 0.